The number of hydrogen-bond acceptors (Lipinski definition) is 2. The van der Waals surface area contributed by atoms with Crippen LogP contribution in [0.4, 0.5) is 0 Å². The van der Waals surface area contributed by atoms with E-state index in [0.717, 1.165) is 47.0 Å². The van der Waals surface area contributed by atoms with Crippen LogP contribution >= 0.6 is 17.0 Å². The molecule has 8 fully saturated rings. The van der Waals surface area contributed by atoms with Gasteiger partial charge < -0.3 is 5.11 Å². The van der Waals surface area contributed by atoms with E-state index in [1.165, 1.54) is 81.8 Å². The summed E-state index contributed by atoms with van der Waals surface area (Å²) >= 11 is -0.826. The van der Waals surface area contributed by atoms with Gasteiger partial charge in [0.1, 0.15) is 5.75 Å². The molecule has 0 heterocycles. The Morgan fingerprint density at radius 1 is 0.848 bits per heavy atom. The Labute approximate surface area is 218 Å². The molecule has 0 amide bonds. The number of phenols is 1. The molecule has 1 aromatic rings. The molecule has 0 atom stereocenters. The minimum absolute atomic E-state index is 0.246. The third-order valence-corrected chi connectivity index (χ3v) is 10.5. The number of hydrogen-bond donors (Lipinski definition) is 1. The van der Waals surface area contributed by atoms with Gasteiger partial charge in [-0.3, -0.25) is 4.99 Å². The number of halogens is 2. The Hall–Kier alpha value is 0.153. The predicted octanol–water partition coefficient (Wildman–Crippen LogP) is 7.79. The van der Waals surface area contributed by atoms with Crippen LogP contribution in [0, 0.1) is 48.3 Å². The molecule has 1 aromatic carbocycles. The average Bonchev–Trinajstić information content (AvgIpc) is 2.74. The van der Waals surface area contributed by atoms with E-state index in [1.807, 2.05) is 0 Å². The van der Waals surface area contributed by atoms with Crippen molar-refractivity contribution >= 4 is 23.2 Å². The van der Waals surface area contributed by atoms with Gasteiger partial charge in [-0.05, 0) is 136 Å². The van der Waals surface area contributed by atoms with Crippen molar-refractivity contribution in [2.45, 2.75) is 89.0 Å². The SMILES string of the molecule is Cc1cc(C=NC2C3CC4CC(C3)CC2C4)c(O)c(C23CC4CC(CC(C4)C2)C3)c1.[Cl][Zr][Cl]. The number of nitrogens with zero attached hydrogens (tertiary/aromatic N) is 1. The molecule has 8 saturated carbocycles. The Morgan fingerprint density at radius 2 is 1.33 bits per heavy atom. The minimum atomic E-state index is -0.826. The predicted molar refractivity (Wildman–Crippen MR) is 133 cm³/mol. The van der Waals surface area contributed by atoms with Crippen molar-refractivity contribution in [2.75, 3.05) is 0 Å². The van der Waals surface area contributed by atoms with Crippen LogP contribution in [0.5, 0.6) is 5.75 Å². The molecule has 1 N–H and O–H groups in total. The molecular formula is C28H37Cl2NOZr. The Balaban J connectivity index is 0.000000655. The fraction of sp³-hybridized carbons (Fsp3) is 0.750. The van der Waals surface area contributed by atoms with Gasteiger partial charge >= 0.3 is 37.9 Å². The molecule has 178 valence electrons. The summed E-state index contributed by atoms with van der Waals surface area (Å²) in [5.41, 5.74) is 3.81. The zero-order valence-corrected chi connectivity index (χ0v) is 23.7. The normalized spacial score (nSPS) is 44.2. The average molecular weight is 566 g/mol. The van der Waals surface area contributed by atoms with Crippen molar-refractivity contribution in [3.63, 3.8) is 0 Å². The zero-order valence-electron chi connectivity index (χ0n) is 19.8. The Bertz CT molecular complexity index is 867. The van der Waals surface area contributed by atoms with E-state index >= 15 is 0 Å². The zero-order chi connectivity index (χ0) is 22.7. The van der Waals surface area contributed by atoms with E-state index in [-0.39, 0.29) is 5.41 Å². The van der Waals surface area contributed by atoms with E-state index in [4.69, 9.17) is 22.0 Å². The second-order valence-electron chi connectivity index (χ2n) is 12.7. The van der Waals surface area contributed by atoms with Crippen LogP contribution in [-0.2, 0) is 26.3 Å². The molecule has 5 heteroatoms. The number of phenolic OH excluding ortho intramolecular Hbond substituents is 1. The second-order valence-corrected chi connectivity index (χ2v) is 16.5. The second kappa shape index (κ2) is 9.23. The summed E-state index contributed by atoms with van der Waals surface area (Å²) < 4.78 is 0. The first-order chi connectivity index (χ1) is 16.0. The number of aliphatic imine (C=N–C) groups is 1. The van der Waals surface area contributed by atoms with Crippen LogP contribution in [0.25, 0.3) is 0 Å². The molecule has 0 spiro atoms. The number of aryl methyl sites for hydroxylation is 1. The molecule has 0 aromatic heterocycles. The number of benzene rings is 1. The molecule has 9 rings (SSSR count). The summed E-state index contributed by atoms with van der Waals surface area (Å²) in [6.45, 7) is 2.21. The van der Waals surface area contributed by atoms with Crippen LogP contribution in [0.15, 0.2) is 17.1 Å². The van der Waals surface area contributed by atoms with Gasteiger partial charge in [-0.25, -0.2) is 0 Å². The van der Waals surface area contributed by atoms with Gasteiger partial charge in [-0.15, -0.1) is 0 Å². The third kappa shape index (κ3) is 4.33. The van der Waals surface area contributed by atoms with Crippen molar-refractivity contribution in [3.8, 4) is 5.75 Å². The molecule has 8 bridgehead atoms. The van der Waals surface area contributed by atoms with Gasteiger partial charge in [0.25, 0.3) is 0 Å². The van der Waals surface area contributed by atoms with E-state index in [9.17, 15) is 5.11 Å². The van der Waals surface area contributed by atoms with E-state index in [0.29, 0.717) is 11.8 Å². The topological polar surface area (TPSA) is 32.6 Å². The summed E-state index contributed by atoms with van der Waals surface area (Å²) in [6, 6.07) is 5.02. The van der Waals surface area contributed by atoms with Crippen LogP contribution in [0.2, 0.25) is 0 Å². The summed E-state index contributed by atoms with van der Waals surface area (Å²) in [5, 5.41) is 11.5. The Kier molecular flexibility index (Phi) is 6.58. The van der Waals surface area contributed by atoms with E-state index in [2.05, 4.69) is 25.3 Å². The maximum atomic E-state index is 11.5. The third-order valence-electron chi connectivity index (χ3n) is 10.5. The van der Waals surface area contributed by atoms with E-state index < -0.39 is 20.8 Å². The van der Waals surface area contributed by atoms with Crippen molar-refractivity contribution in [1.82, 2.24) is 0 Å². The number of aromatic hydroxyl groups is 1. The van der Waals surface area contributed by atoms with Crippen molar-refractivity contribution in [1.29, 1.82) is 0 Å². The van der Waals surface area contributed by atoms with Crippen molar-refractivity contribution in [2.24, 2.45) is 46.4 Å². The summed E-state index contributed by atoms with van der Waals surface area (Å²) in [6.07, 6.45) is 17.5. The van der Waals surface area contributed by atoms with Gasteiger partial charge in [-0.2, -0.15) is 0 Å². The first-order valence-corrected chi connectivity index (χ1v) is 19.6. The molecule has 33 heavy (non-hydrogen) atoms. The molecular weight excluding hydrogens is 528 g/mol. The Morgan fingerprint density at radius 3 is 1.85 bits per heavy atom. The van der Waals surface area contributed by atoms with Gasteiger partial charge in [-0.1, -0.05) is 6.07 Å². The molecule has 0 aliphatic heterocycles. The first kappa shape index (κ1) is 23.5. The van der Waals surface area contributed by atoms with Gasteiger partial charge in [0.05, 0.1) is 6.04 Å². The molecule has 0 radical (unpaired) electrons. The van der Waals surface area contributed by atoms with Gasteiger partial charge in [0, 0.05) is 17.3 Å². The van der Waals surface area contributed by atoms with Crippen LogP contribution < -0.4 is 0 Å². The van der Waals surface area contributed by atoms with Crippen LogP contribution in [0.3, 0.4) is 0 Å². The van der Waals surface area contributed by atoms with Crippen LogP contribution in [-0.4, -0.2) is 17.4 Å². The fourth-order valence-corrected chi connectivity index (χ4v) is 10.1. The van der Waals surface area contributed by atoms with Gasteiger partial charge in [0.15, 0.2) is 0 Å². The molecule has 0 saturated heterocycles. The van der Waals surface area contributed by atoms with Crippen molar-refractivity contribution < 1.29 is 26.0 Å². The molecule has 8 aliphatic rings. The van der Waals surface area contributed by atoms with Crippen LogP contribution in [0.1, 0.15) is 87.3 Å². The first-order valence-electron chi connectivity index (χ1n) is 13.3. The standard InChI is InChI=1S/C28H37NO.2ClH.Zr/c1-16-2-24(15-29-26-22-8-17-4-18(10-22)11-23(26)9-17)27(30)25(3-16)28-12-19-5-20(13-28)7-21(6-19)14-28;;;/h2-3,15,17-23,26,30H,4-14H2,1H3;2*1H;/q;;;+2/p-2. The number of rotatable bonds is 3. The van der Waals surface area contributed by atoms with Gasteiger partial charge in [0.2, 0.25) is 0 Å². The molecule has 8 aliphatic carbocycles. The molecule has 2 nitrogen and oxygen atoms in total. The summed E-state index contributed by atoms with van der Waals surface area (Å²) in [7, 11) is 9.87. The maximum absolute atomic E-state index is 11.5. The van der Waals surface area contributed by atoms with Crippen molar-refractivity contribution in [3.05, 3.63) is 28.8 Å². The molecule has 0 unspecified atom stereocenters. The summed E-state index contributed by atoms with van der Waals surface area (Å²) in [5.74, 6) is 6.89. The quantitative estimate of drug-likeness (QED) is 0.373. The van der Waals surface area contributed by atoms with E-state index in [1.54, 1.807) is 0 Å². The fourth-order valence-electron chi connectivity index (χ4n) is 10.1. The summed E-state index contributed by atoms with van der Waals surface area (Å²) in [4.78, 5) is 5.20. The monoisotopic (exact) mass is 563 g/mol.